The van der Waals surface area contributed by atoms with E-state index in [-0.39, 0.29) is 0 Å². The van der Waals surface area contributed by atoms with Crippen LogP contribution in [0.15, 0.2) is 34.9 Å². The Morgan fingerprint density at radius 2 is 1.83 bits per heavy atom. The van der Waals surface area contributed by atoms with Gasteiger partial charge in [0.2, 0.25) is 0 Å². The highest BCUT2D eigenvalue weighted by Crippen LogP contribution is 2.19. The van der Waals surface area contributed by atoms with Crippen LogP contribution in [0.1, 0.15) is 27.2 Å². The monoisotopic (exact) mass is 161 g/mol. The SMILES string of the molecule is CC/C=C1\C=C(C)C(C)=CC1=N. The first-order chi connectivity index (χ1) is 5.65. The molecule has 1 aliphatic carbocycles. The molecular weight excluding hydrogens is 146 g/mol. The molecule has 12 heavy (non-hydrogen) atoms. The smallest absolute Gasteiger partial charge is 0.0611 e. The zero-order valence-electron chi connectivity index (χ0n) is 7.94. The number of hydrogen-bond acceptors (Lipinski definition) is 1. The number of hydrogen-bond donors (Lipinski definition) is 1. The average Bonchev–Trinajstić information content (AvgIpc) is 2.01. The molecule has 0 unspecified atom stereocenters. The lowest BCUT2D eigenvalue weighted by molar-refractivity contribution is 1.20. The molecule has 0 bridgehead atoms. The summed E-state index contributed by atoms with van der Waals surface area (Å²) in [6.45, 7) is 6.22. The second kappa shape index (κ2) is 3.53. The van der Waals surface area contributed by atoms with Crippen molar-refractivity contribution in [2.24, 2.45) is 0 Å². The maximum atomic E-state index is 7.68. The van der Waals surface area contributed by atoms with Gasteiger partial charge in [-0.3, -0.25) is 0 Å². The average molecular weight is 161 g/mol. The largest absolute Gasteiger partial charge is 0.300 e. The lowest BCUT2D eigenvalue weighted by Crippen LogP contribution is -2.02. The Balaban J connectivity index is 3.00. The van der Waals surface area contributed by atoms with Gasteiger partial charge >= 0.3 is 0 Å². The summed E-state index contributed by atoms with van der Waals surface area (Å²) in [6.07, 6.45) is 7.10. The van der Waals surface area contributed by atoms with Gasteiger partial charge < -0.3 is 5.41 Å². The van der Waals surface area contributed by atoms with E-state index in [9.17, 15) is 0 Å². The second-order valence-corrected chi connectivity index (χ2v) is 3.14. The maximum absolute atomic E-state index is 7.68. The molecule has 0 aromatic carbocycles. The van der Waals surface area contributed by atoms with Crippen molar-refractivity contribution in [1.29, 1.82) is 5.41 Å². The molecule has 0 aromatic rings. The molecule has 0 aromatic heterocycles. The van der Waals surface area contributed by atoms with Gasteiger partial charge in [0.15, 0.2) is 0 Å². The van der Waals surface area contributed by atoms with Crippen molar-refractivity contribution in [3.63, 3.8) is 0 Å². The van der Waals surface area contributed by atoms with E-state index >= 15 is 0 Å². The van der Waals surface area contributed by atoms with Crippen molar-refractivity contribution in [1.82, 2.24) is 0 Å². The topological polar surface area (TPSA) is 23.9 Å². The van der Waals surface area contributed by atoms with Crippen LogP contribution in [0.3, 0.4) is 0 Å². The van der Waals surface area contributed by atoms with Gasteiger partial charge in [0.25, 0.3) is 0 Å². The van der Waals surface area contributed by atoms with Crippen LogP contribution in [0.5, 0.6) is 0 Å². The van der Waals surface area contributed by atoms with Crippen LogP contribution >= 0.6 is 0 Å². The molecular formula is C11H15N. The summed E-state index contributed by atoms with van der Waals surface area (Å²) < 4.78 is 0. The quantitative estimate of drug-likeness (QED) is 0.610. The molecule has 1 rings (SSSR count). The van der Waals surface area contributed by atoms with Crippen LogP contribution < -0.4 is 0 Å². The molecule has 0 fully saturated rings. The van der Waals surface area contributed by atoms with Crippen molar-refractivity contribution in [3.8, 4) is 0 Å². The predicted molar refractivity (Wildman–Crippen MR) is 53.6 cm³/mol. The van der Waals surface area contributed by atoms with Gasteiger partial charge in [-0.2, -0.15) is 0 Å². The van der Waals surface area contributed by atoms with E-state index in [4.69, 9.17) is 5.41 Å². The summed E-state index contributed by atoms with van der Waals surface area (Å²) in [5.41, 5.74) is 4.17. The number of allylic oxidation sites excluding steroid dienone is 6. The minimum absolute atomic E-state index is 0.639. The van der Waals surface area contributed by atoms with Gasteiger partial charge in [-0.25, -0.2) is 0 Å². The molecule has 1 nitrogen and oxygen atoms in total. The molecule has 1 aliphatic rings. The summed E-state index contributed by atoms with van der Waals surface area (Å²) in [5.74, 6) is 0. The molecule has 0 aliphatic heterocycles. The molecule has 1 heteroatoms. The molecule has 1 N–H and O–H groups in total. The van der Waals surface area contributed by atoms with E-state index in [0.29, 0.717) is 5.71 Å². The van der Waals surface area contributed by atoms with Crippen LogP contribution in [0.2, 0.25) is 0 Å². The summed E-state index contributed by atoms with van der Waals surface area (Å²) in [4.78, 5) is 0. The van der Waals surface area contributed by atoms with Crippen LogP contribution in [0.4, 0.5) is 0 Å². The number of rotatable bonds is 1. The molecule has 0 amide bonds. The van der Waals surface area contributed by atoms with E-state index in [2.05, 4.69) is 26.0 Å². The fraction of sp³-hybridized carbons (Fsp3) is 0.364. The predicted octanol–water partition coefficient (Wildman–Crippen LogP) is 3.25. The van der Waals surface area contributed by atoms with E-state index in [0.717, 1.165) is 12.0 Å². The summed E-state index contributed by atoms with van der Waals surface area (Å²) >= 11 is 0. The zero-order chi connectivity index (χ0) is 9.14. The third-order valence-corrected chi connectivity index (χ3v) is 2.09. The fourth-order valence-corrected chi connectivity index (χ4v) is 1.23. The van der Waals surface area contributed by atoms with E-state index in [1.54, 1.807) is 0 Å². The van der Waals surface area contributed by atoms with Crippen molar-refractivity contribution < 1.29 is 0 Å². The highest BCUT2D eigenvalue weighted by atomic mass is 14.4. The minimum Gasteiger partial charge on any atom is -0.300 e. The molecule has 0 spiro atoms. The Kier molecular flexibility index (Phi) is 2.64. The third-order valence-electron chi connectivity index (χ3n) is 2.09. The summed E-state index contributed by atoms with van der Waals surface area (Å²) in [7, 11) is 0. The third kappa shape index (κ3) is 1.73. The molecule has 64 valence electrons. The van der Waals surface area contributed by atoms with Gasteiger partial charge in [-0.15, -0.1) is 0 Å². The van der Waals surface area contributed by atoms with Gasteiger partial charge in [0.05, 0.1) is 5.71 Å². The van der Waals surface area contributed by atoms with Crippen LogP contribution in [-0.4, -0.2) is 5.71 Å². The molecule has 0 saturated carbocycles. The maximum Gasteiger partial charge on any atom is 0.0611 e. The number of nitrogens with one attached hydrogen (secondary N) is 1. The van der Waals surface area contributed by atoms with Crippen LogP contribution in [-0.2, 0) is 0 Å². The summed E-state index contributed by atoms with van der Waals surface area (Å²) in [6, 6.07) is 0. The standard InChI is InChI=1S/C11H15N/c1-4-5-10-6-8(2)9(3)7-11(10)12/h5-7,12H,4H2,1-3H3/b10-5+,12-11?. The van der Waals surface area contributed by atoms with Crippen molar-refractivity contribution >= 4 is 5.71 Å². The van der Waals surface area contributed by atoms with Gasteiger partial charge in [0.1, 0.15) is 0 Å². The molecule has 0 atom stereocenters. The van der Waals surface area contributed by atoms with Crippen molar-refractivity contribution in [2.75, 3.05) is 0 Å². The Morgan fingerprint density at radius 3 is 2.42 bits per heavy atom. The molecule has 0 heterocycles. The highest BCUT2D eigenvalue weighted by molar-refractivity contribution is 6.10. The molecule has 0 saturated heterocycles. The Labute approximate surface area is 74.0 Å². The summed E-state index contributed by atoms with van der Waals surface area (Å²) in [5, 5.41) is 7.68. The van der Waals surface area contributed by atoms with Crippen molar-refractivity contribution in [2.45, 2.75) is 27.2 Å². The highest BCUT2D eigenvalue weighted by Gasteiger charge is 2.07. The molecule has 0 radical (unpaired) electrons. The Morgan fingerprint density at radius 1 is 1.25 bits per heavy atom. The van der Waals surface area contributed by atoms with E-state index in [1.807, 2.05) is 13.0 Å². The van der Waals surface area contributed by atoms with Gasteiger partial charge in [-0.05, 0) is 49.1 Å². The Hall–Kier alpha value is -1.11. The Bertz CT molecular complexity index is 290. The van der Waals surface area contributed by atoms with E-state index < -0.39 is 0 Å². The van der Waals surface area contributed by atoms with Crippen molar-refractivity contribution in [3.05, 3.63) is 34.9 Å². The first-order valence-corrected chi connectivity index (χ1v) is 4.31. The van der Waals surface area contributed by atoms with Crippen LogP contribution in [0, 0.1) is 5.41 Å². The first-order valence-electron chi connectivity index (χ1n) is 4.31. The zero-order valence-corrected chi connectivity index (χ0v) is 7.94. The van der Waals surface area contributed by atoms with Crippen LogP contribution in [0.25, 0.3) is 0 Å². The first kappa shape index (κ1) is 8.98. The lowest BCUT2D eigenvalue weighted by atomic mass is 9.95. The van der Waals surface area contributed by atoms with Gasteiger partial charge in [0, 0.05) is 0 Å². The minimum atomic E-state index is 0.639. The van der Waals surface area contributed by atoms with E-state index in [1.165, 1.54) is 11.1 Å². The van der Waals surface area contributed by atoms with Gasteiger partial charge in [-0.1, -0.05) is 13.0 Å². The normalized spacial score (nSPS) is 20.9. The second-order valence-electron chi connectivity index (χ2n) is 3.14. The lowest BCUT2D eigenvalue weighted by Gasteiger charge is -2.11. The fourth-order valence-electron chi connectivity index (χ4n) is 1.23.